The summed E-state index contributed by atoms with van der Waals surface area (Å²) in [4.78, 5) is 10.9. The van der Waals surface area contributed by atoms with E-state index in [-0.39, 0.29) is 6.61 Å². The first-order valence-electron chi connectivity index (χ1n) is 5.10. The molecule has 0 aliphatic rings. The van der Waals surface area contributed by atoms with Crippen molar-refractivity contribution in [3.8, 4) is 0 Å². The van der Waals surface area contributed by atoms with Crippen LogP contribution in [-0.4, -0.2) is 22.6 Å². The Bertz CT molecular complexity index is 519. The summed E-state index contributed by atoms with van der Waals surface area (Å²) in [7, 11) is 0. The Morgan fingerprint density at radius 3 is 2.94 bits per heavy atom. The van der Waals surface area contributed by atoms with Crippen molar-refractivity contribution in [2.24, 2.45) is 0 Å². The summed E-state index contributed by atoms with van der Waals surface area (Å²) in [5, 5.41) is 10.4. The number of aryl methyl sites for hydroxylation is 1. The van der Waals surface area contributed by atoms with Crippen LogP contribution in [0, 0.1) is 0 Å². The lowest BCUT2D eigenvalue weighted by atomic mass is 10.2. The first-order valence-corrected chi connectivity index (χ1v) is 5.48. The lowest BCUT2D eigenvalue weighted by molar-refractivity contribution is 0.112. The van der Waals surface area contributed by atoms with E-state index in [0.717, 1.165) is 17.2 Å². The van der Waals surface area contributed by atoms with E-state index >= 15 is 0 Å². The quantitative estimate of drug-likeness (QED) is 0.831. The number of carbonyl (C=O) groups excluding carboxylic acids is 1. The van der Waals surface area contributed by atoms with Crippen molar-refractivity contribution in [1.82, 2.24) is 4.57 Å². The molecule has 84 valence electrons. The van der Waals surface area contributed by atoms with Crippen molar-refractivity contribution in [2.75, 3.05) is 6.61 Å². The maximum absolute atomic E-state index is 10.9. The largest absolute Gasteiger partial charge is 0.396 e. The van der Waals surface area contributed by atoms with Gasteiger partial charge in [-0.25, -0.2) is 0 Å². The number of halogens is 1. The van der Waals surface area contributed by atoms with Gasteiger partial charge in [-0.2, -0.15) is 0 Å². The van der Waals surface area contributed by atoms with Gasteiger partial charge >= 0.3 is 0 Å². The van der Waals surface area contributed by atoms with E-state index in [4.69, 9.17) is 16.7 Å². The average molecular weight is 238 g/mol. The van der Waals surface area contributed by atoms with E-state index in [1.165, 1.54) is 0 Å². The normalized spacial score (nSPS) is 10.9. The van der Waals surface area contributed by atoms with Crippen LogP contribution in [0.15, 0.2) is 24.4 Å². The summed E-state index contributed by atoms with van der Waals surface area (Å²) in [6, 6.07) is 5.45. The molecule has 0 saturated carbocycles. The number of nitrogens with zero attached hydrogens (tertiary/aromatic N) is 1. The number of aliphatic hydroxyl groups is 1. The van der Waals surface area contributed by atoms with Crippen LogP contribution in [0.2, 0.25) is 5.02 Å². The SMILES string of the molecule is O=Cc1cn(CCCO)c2cc(Cl)ccc12. The second kappa shape index (κ2) is 4.68. The number of benzene rings is 1. The van der Waals surface area contributed by atoms with E-state index in [1.807, 2.05) is 16.7 Å². The molecule has 0 atom stereocenters. The molecule has 0 bridgehead atoms. The van der Waals surface area contributed by atoms with Gasteiger partial charge in [0.1, 0.15) is 0 Å². The van der Waals surface area contributed by atoms with Gasteiger partial charge < -0.3 is 9.67 Å². The molecule has 0 spiro atoms. The summed E-state index contributed by atoms with van der Waals surface area (Å²) < 4.78 is 1.95. The highest BCUT2D eigenvalue weighted by atomic mass is 35.5. The zero-order chi connectivity index (χ0) is 11.5. The number of hydrogen-bond donors (Lipinski definition) is 1. The molecule has 0 aliphatic heterocycles. The summed E-state index contributed by atoms with van der Waals surface area (Å²) in [5.74, 6) is 0. The maximum atomic E-state index is 10.9. The predicted molar refractivity (Wildman–Crippen MR) is 64.0 cm³/mol. The standard InChI is InChI=1S/C12H12ClNO2/c13-10-2-3-11-9(8-16)7-14(4-1-5-15)12(11)6-10/h2-3,6-8,15H,1,4-5H2. The van der Waals surface area contributed by atoms with E-state index < -0.39 is 0 Å². The molecule has 1 aromatic carbocycles. The number of rotatable bonds is 4. The third-order valence-electron chi connectivity index (χ3n) is 2.56. The Hall–Kier alpha value is -1.32. The van der Waals surface area contributed by atoms with Crippen LogP contribution in [0.5, 0.6) is 0 Å². The van der Waals surface area contributed by atoms with E-state index in [0.29, 0.717) is 23.6 Å². The van der Waals surface area contributed by atoms with Crippen molar-refractivity contribution < 1.29 is 9.90 Å². The zero-order valence-corrected chi connectivity index (χ0v) is 9.44. The molecule has 0 amide bonds. The molecule has 1 heterocycles. The molecule has 0 fully saturated rings. The first kappa shape index (κ1) is 11.2. The van der Waals surface area contributed by atoms with Gasteiger partial charge in [-0.1, -0.05) is 17.7 Å². The fourth-order valence-electron chi connectivity index (χ4n) is 1.81. The van der Waals surface area contributed by atoms with Crippen LogP contribution in [0.4, 0.5) is 0 Å². The van der Waals surface area contributed by atoms with E-state index in [1.54, 1.807) is 12.3 Å². The summed E-state index contributed by atoms with van der Waals surface area (Å²) in [5.41, 5.74) is 1.59. The van der Waals surface area contributed by atoms with Gasteiger partial charge in [0.05, 0.1) is 5.52 Å². The van der Waals surface area contributed by atoms with Gasteiger partial charge in [0.2, 0.25) is 0 Å². The van der Waals surface area contributed by atoms with Crippen molar-refractivity contribution in [3.05, 3.63) is 35.0 Å². The molecule has 1 aromatic heterocycles. The molecule has 0 aliphatic carbocycles. The van der Waals surface area contributed by atoms with Gasteiger partial charge in [0.25, 0.3) is 0 Å². The van der Waals surface area contributed by atoms with Crippen LogP contribution in [0.1, 0.15) is 16.8 Å². The molecule has 4 heteroatoms. The van der Waals surface area contributed by atoms with Gasteiger partial charge in [0.15, 0.2) is 6.29 Å². The van der Waals surface area contributed by atoms with Crippen LogP contribution in [0.25, 0.3) is 10.9 Å². The highest BCUT2D eigenvalue weighted by Gasteiger charge is 2.07. The molecule has 3 nitrogen and oxygen atoms in total. The van der Waals surface area contributed by atoms with Crippen LogP contribution in [-0.2, 0) is 6.54 Å². The summed E-state index contributed by atoms with van der Waals surface area (Å²) >= 11 is 5.93. The molecule has 2 rings (SSSR count). The number of hydrogen-bond acceptors (Lipinski definition) is 2. The summed E-state index contributed by atoms with van der Waals surface area (Å²) in [6.07, 6.45) is 3.30. The van der Waals surface area contributed by atoms with Crippen molar-refractivity contribution in [3.63, 3.8) is 0 Å². The minimum absolute atomic E-state index is 0.136. The lowest BCUT2D eigenvalue weighted by Gasteiger charge is -2.03. The van der Waals surface area contributed by atoms with Crippen molar-refractivity contribution in [1.29, 1.82) is 0 Å². The van der Waals surface area contributed by atoms with Crippen LogP contribution >= 0.6 is 11.6 Å². The average Bonchev–Trinajstić information content (AvgIpc) is 2.64. The Morgan fingerprint density at radius 1 is 1.44 bits per heavy atom. The fraction of sp³-hybridized carbons (Fsp3) is 0.250. The molecule has 0 saturated heterocycles. The van der Waals surface area contributed by atoms with Gasteiger partial charge in [-0.05, 0) is 18.6 Å². The predicted octanol–water partition coefficient (Wildman–Crippen LogP) is 2.49. The number of aliphatic hydroxyl groups excluding tert-OH is 1. The number of fused-ring (bicyclic) bond motifs is 1. The highest BCUT2D eigenvalue weighted by Crippen LogP contribution is 2.24. The number of carbonyl (C=O) groups is 1. The monoisotopic (exact) mass is 237 g/mol. The molecule has 16 heavy (non-hydrogen) atoms. The molecule has 2 aromatic rings. The van der Waals surface area contributed by atoms with Crippen molar-refractivity contribution in [2.45, 2.75) is 13.0 Å². The maximum Gasteiger partial charge on any atom is 0.152 e. The van der Waals surface area contributed by atoms with Gasteiger partial charge in [-0.3, -0.25) is 4.79 Å². The molecule has 1 N–H and O–H groups in total. The van der Waals surface area contributed by atoms with E-state index in [2.05, 4.69) is 0 Å². The molecule has 0 unspecified atom stereocenters. The van der Waals surface area contributed by atoms with Crippen molar-refractivity contribution >= 4 is 28.8 Å². The highest BCUT2D eigenvalue weighted by molar-refractivity contribution is 6.31. The van der Waals surface area contributed by atoms with Gasteiger partial charge in [0, 0.05) is 35.3 Å². The van der Waals surface area contributed by atoms with Gasteiger partial charge in [-0.15, -0.1) is 0 Å². The second-order valence-electron chi connectivity index (χ2n) is 3.63. The third-order valence-corrected chi connectivity index (χ3v) is 2.79. The van der Waals surface area contributed by atoms with Crippen LogP contribution < -0.4 is 0 Å². The van der Waals surface area contributed by atoms with Crippen LogP contribution in [0.3, 0.4) is 0 Å². The Morgan fingerprint density at radius 2 is 2.25 bits per heavy atom. The minimum atomic E-state index is 0.136. The molecular weight excluding hydrogens is 226 g/mol. The smallest absolute Gasteiger partial charge is 0.152 e. The first-order chi connectivity index (χ1) is 7.76. The number of aldehydes is 1. The summed E-state index contributed by atoms with van der Waals surface area (Å²) in [6.45, 7) is 0.817. The minimum Gasteiger partial charge on any atom is -0.396 e. The molecular formula is C12H12ClNO2. The Labute approximate surface area is 98.3 Å². The third kappa shape index (κ3) is 1.96. The fourth-order valence-corrected chi connectivity index (χ4v) is 1.98. The van der Waals surface area contributed by atoms with E-state index in [9.17, 15) is 4.79 Å². The molecule has 0 radical (unpaired) electrons. The lowest BCUT2D eigenvalue weighted by Crippen LogP contribution is -1.98. The second-order valence-corrected chi connectivity index (χ2v) is 4.07. The Balaban J connectivity index is 2.55. The topological polar surface area (TPSA) is 42.2 Å². The number of aromatic nitrogens is 1. The zero-order valence-electron chi connectivity index (χ0n) is 8.69. The Kier molecular flexibility index (Phi) is 3.27.